The van der Waals surface area contributed by atoms with Crippen LogP contribution >= 0.6 is 0 Å². The summed E-state index contributed by atoms with van der Waals surface area (Å²) in [7, 11) is 0. The summed E-state index contributed by atoms with van der Waals surface area (Å²) in [4.78, 5) is 52.3. The number of amides is 3. The molecule has 2 atom stereocenters. The Balaban J connectivity index is 1.61. The SMILES string of the molecule is Cc1cc(C)cc(N(CCC#N)C(=O)COC(=O)CN2C(=O)C3CC=CCC3C2=O)c1. The number of hydrogen-bond donors (Lipinski definition) is 0. The highest BCUT2D eigenvalue weighted by Crippen LogP contribution is 2.34. The number of ether oxygens (including phenoxy) is 1. The predicted octanol–water partition coefficient (Wildman–Crippen LogP) is 2.04. The van der Waals surface area contributed by atoms with Crippen molar-refractivity contribution in [3.05, 3.63) is 41.5 Å². The summed E-state index contributed by atoms with van der Waals surface area (Å²) >= 11 is 0. The second-order valence-corrected chi connectivity index (χ2v) is 7.88. The van der Waals surface area contributed by atoms with Gasteiger partial charge in [0.2, 0.25) is 11.8 Å². The van der Waals surface area contributed by atoms with Crippen LogP contribution in [-0.2, 0) is 23.9 Å². The molecule has 162 valence electrons. The number of rotatable bonds is 7. The van der Waals surface area contributed by atoms with Gasteiger partial charge in [0.1, 0.15) is 6.54 Å². The van der Waals surface area contributed by atoms with Crippen LogP contribution in [-0.4, -0.2) is 48.3 Å². The van der Waals surface area contributed by atoms with E-state index in [9.17, 15) is 19.2 Å². The summed E-state index contributed by atoms with van der Waals surface area (Å²) in [5, 5.41) is 8.92. The average molecular weight is 423 g/mol. The van der Waals surface area contributed by atoms with E-state index in [1.165, 1.54) is 4.90 Å². The number of likely N-dealkylation sites (tertiary alicyclic amines) is 1. The summed E-state index contributed by atoms with van der Waals surface area (Å²) in [5.74, 6) is -2.87. The van der Waals surface area contributed by atoms with Gasteiger partial charge in [-0.2, -0.15) is 5.26 Å². The van der Waals surface area contributed by atoms with Crippen LogP contribution in [0.25, 0.3) is 0 Å². The Kier molecular flexibility index (Phi) is 6.85. The lowest BCUT2D eigenvalue weighted by Crippen LogP contribution is -2.39. The van der Waals surface area contributed by atoms with Crippen molar-refractivity contribution >= 4 is 29.4 Å². The lowest BCUT2D eigenvalue weighted by atomic mass is 9.85. The molecule has 0 radical (unpaired) electrons. The molecule has 2 aliphatic rings. The maximum Gasteiger partial charge on any atom is 0.326 e. The van der Waals surface area contributed by atoms with Crippen molar-refractivity contribution in [3.8, 4) is 6.07 Å². The Morgan fingerprint density at radius 1 is 1.10 bits per heavy atom. The molecular weight excluding hydrogens is 398 g/mol. The highest BCUT2D eigenvalue weighted by Gasteiger charge is 2.47. The average Bonchev–Trinajstić information content (AvgIpc) is 2.97. The van der Waals surface area contributed by atoms with E-state index in [1.54, 1.807) is 0 Å². The molecule has 1 heterocycles. The van der Waals surface area contributed by atoms with Crippen LogP contribution in [0.1, 0.15) is 30.4 Å². The van der Waals surface area contributed by atoms with Gasteiger partial charge in [-0.05, 0) is 49.9 Å². The molecule has 1 aromatic rings. The number of allylic oxidation sites excluding steroid dienone is 2. The van der Waals surface area contributed by atoms with Gasteiger partial charge in [0.15, 0.2) is 6.61 Å². The Bertz CT molecular complexity index is 932. The first-order chi connectivity index (χ1) is 14.8. The van der Waals surface area contributed by atoms with Crippen LogP contribution in [0, 0.1) is 37.0 Å². The third kappa shape index (κ3) is 5.00. The van der Waals surface area contributed by atoms with E-state index >= 15 is 0 Å². The number of esters is 1. The number of fused-ring (bicyclic) bond motifs is 1. The van der Waals surface area contributed by atoms with Crippen LogP contribution in [0.5, 0.6) is 0 Å². The lowest BCUT2D eigenvalue weighted by Gasteiger charge is -2.23. The van der Waals surface area contributed by atoms with Crippen molar-refractivity contribution in [2.45, 2.75) is 33.1 Å². The fraction of sp³-hybridized carbons (Fsp3) is 0.435. The monoisotopic (exact) mass is 423 g/mol. The van der Waals surface area contributed by atoms with Gasteiger partial charge >= 0.3 is 5.97 Å². The molecule has 1 fully saturated rings. The third-order valence-corrected chi connectivity index (χ3v) is 5.51. The van der Waals surface area contributed by atoms with E-state index in [0.29, 0.717) is 18.5 Å². The standard InChI is InChI=1S/C23H25N3O5/c1-15-10-16(2)12-17(11-15)25(9-5-8-24)20(27)14-31-21(28)13-26-22(29)18-6-3-4-7-19(18)23(26)30/h3-4,10-12,18-19H,5-7,9,13-14H2,1-2H3. The molecule has 1 saturated heterocycles. The molecule has 3 rings (SSSR count). The fourth-order valence-corrected chi connectivity index (χ4v) is 4.09. The second-order valence-electron chi connectivity index (χ2n) is 7.88. The highest BCUT2D eigenvalue weighted by atomic mass is 16.5. The van der Waals surface area contributed by atoms with Crippen LogP contribution in [0.15, 0.2) is 30.4 Å². The molecule has 0 spiro atoms. The van der Waals surface area contributed by atoms with Crippen molar-refractivity contribution in [1.29, 1.82) is 5.26 Å². The zero-order valence-corrected chi connectivity index (χ0v) is 17.7. The number of anilines is 1. The molecule has 1 aromatic carbocycles. The lowest BCUT2D eigenvalue weighted by molar-refractivity contribution is -0.154. The van der Waals surface area contributed by atoms with Gasteiger partial charge in [0.05, 0.1) is 24.3 Å². The zero-order chi connectivity index (χ0) is 22.5. The van der Waals surface area contributed by atoms with Crippen molar-refractivity contribution < 1.29 is 23.9 Å². The molecule has 3 amide bonds. The zero-order valence-electron chi connectivity index (χ0n) is 17.7. The van der Waals surface area contributed by atoms with Gasteiger partial charge in [0.25, 0.3) is 5.91 Å². The van der Waals surface area contributed by atoms with Gasteiger partial charge in [-0.25, -0.2) is 0 Å². The van der Waals surface area contributed by atoms with Crippen molar-refractivity contribution in [3.63, 3.8) is 0 Å². The first kappa shape index (κ1) is 22.2. The molecule has 1 aliphatic heterocycles. The molecule has 31 heavy (non-hydrogen) atoms. The van der Waals surface area contributed by atoms with E-state index in [2.05, 4.69) is 0 Å². The Morgan fingerprint density at radius 3 is 2.23 bits per heavy atom. The third-order valence-electron chi connectivity index (χ3n) is 5.51. The minimum absolute atomic E-state index is 0.125. The highest BCUT2D eigenvalue weighted by molar-refractivity contribution is 6.07. The molecule has 0 N–H and O–H groups in total. The van der Waals surface area contributed by atoms with E-state index in [4.69, 9.17) is 10.00 Å². The Hall–Kier alpha value is -3.47. The van der Waals surface area contributed by atoms with Crippen LogP contribution in [0.2, 0.25) is 0 Å². The number of carbonyl (C=O) groups is 4. The molecule has 2 unspecified atom stereocenters. The topological polar surface area (TPSA) is 108 Å². The summed E-state index contributed by atoms with van der Waals surface area (Å²) < 4.78 is 5.08. The number of nitriles is 1. The molecule has 0 bridgehead atoms. The summed E-state index contributed by atoms with van der Waals surface area (Å²) in [5.41, 5.74) is 2.54. The second kappa shape index (κ2) is 9.56. The normalized spacial score (nSPS) is 19.7. The van der Waals surface area contributed by atoms with Gasteiger partial charge in [-0.15, -0.1) is 0 Å². The Labute approximate surface area is 181 Å². The van der Waals surface area contributed by atoms with E-state index in [-0.39, 0.29) is 24.8 Å². The number of imide groups is 1. The molecule has 0 saturated carbocycles. The summed E-state index contributed by atoms with van der Waals surface area (Å²) in [6.07, 6.45) is 4.84. The van der Waals surface area contributed by atoms with Crippen molar-refractivity contribution in [2.24, 2.45) is 11.8 Å². The maximum atomic E-state index is 12.7. The van der Waals surface area contributed by atoms with E-state index in [0.717, 1.165) is 16.0 Å². The van der Waals surface area contributed by atoms with Gasteiger partial charge in [0, 0.05) is 12.2 Å². The number of nitrogens with zero attached hydrogens (tertiary/aromatic N) is 3. The van der Waals surface area contributed by atoms with Crippen molar-refractivity contribution in [1.82, 2.24) is 4.90 Å². The first-order valence-corrected chi connectivity index (χ1v) is 10.2. The van der Waals surface area contributed by atoms with E-state index < -0.39 is 36.9 Å². The number of carbonyl (C=O) groups excluding carboxylic acids is 4. The molecular formula is C23H25N3O5. The van der Waals surface area contributed by atoms with Gasteiger partial charge < -0.3 is 9.64 Å². The number of aryl methyl sites for hydroxylation is 2. The first-order valence-electron chi connectivity index (χ1n) is 10.2. The smallest absolute Gasteiger partial charge is 0.326 e. The minimum Gasteiger partial charge on any atom is -0.454 e. The maximum absolute atomic E-state index is 12.7. The Morgan fingerprint density at radius 2 is 1.68 bits per heavy atom. The molecule has 0 aromatic heterocycles. The largest absolute Gasteiger partial charge is 0.454 e. The summed E-state index contributed by atoms with van der Waals surface area (Å²) in [6.45, 7) is 2.93. The van der Waals surface area contributed by atoms with Gasteiger partial charge in [-0.3, -0.25) is 24.1 Å². The number of benzene rings is 1. The molecule has 1 aliphatic carbocycles. The van der Waals surface area contributed by atoms with Crippen LogP contribution in [0.3, 0.4) is 0 Å². The summed E-state index contributed by atoms with van der Waals surface area (Å²) in [6, 6.07) is 7.62. The van der Waals surface area contributed by atoms with E-state index in [1.807, 2.05) is 50.3 Å². The molecule has 8 heteroatoms. The molecule has 8 nitrogen and oxygen atoms in total. The van der Waals surface area contributed by atoms with Crippen LogP contribution in [0.4, 0.5) is 5.69 Å². The van der Waals surface area contributed by atoms with Gasteiger partial charge in [-0.1, -0.05) is 18.2 Å². The number of hydrogen-bond acceptors (Lipinski definition) is 6. The van der Waals surface area contributed by atoms with Crippen LogP contribution < -0.4 is 4.90 Å². The fourth-order valence-electron chi connectivity index (χ4n) is 4.09. The predicted molar refractivity (Wildman–Crippen MR) is 112 cm³/mol. The quantitative estimate of drug-likeness (QED) is 0.377. The van der Waals surface area contributed by atoms with Crippen molar-refractivity contribution in [2.75, 3.05) is 24.6 Å². The minimum atomic E-state index is -0.817.